The lowest BCUT2D eigenvalue weighted by Gasteiger charge is -2.55. The molecule has 1 spiro atoms. The summed E-state index contributed by atoms with van der Waals surface area (Å²) in [4.78, 5) is 40.4. The van der Waals surface area contributed by atoms with Crippen LogP contribution in [0.3, 0.4) is 0 Å². The number of piperazine rings is 1. The molecule has 2 saturated heterocycles. The minimum absolute atomic E-state index is 0.135. The van der Waals surface area contributed by atoms with Crippen LogP contribution in [0.15, 0.2) is 53.3 Å². The first-order chi connectivity index (χ1) is 22.8. The standard InChI is InChI=1S/C36H41ClFN7O2/c1-41-18-5-9-26(41)23-44-31-24-45(30-11-3-8-25-7-2-10-29(37)33(25)30)36(14-6-15-36)21-28(31)34(40-35(44)47)42-19-20-43(27(22-42)13-17-39)32(46)12-4-16-38/h2-4,7-8,10-12,26-27H,5-6,9,13-16,18-24H2,1H3/b12-4+/t26-,27-/m0/s1. The Morgan fingerprint density at radius 1 is 1.15 bits per heavy atom. The number of nitriles is 1. The summed E-state index contributed by atoms with van der Waals surface area (Å²) < 4.78 is 14.7. The molecule has 2 aromatic carbocycles. The second kappa shape index (κ2) is 12.9. The number of carbonyl (C=O) groups is 1. The maximum Gasteiger partial charge on any atom is 0.349 e. The van der Waals surface area contributed by atoms with E-state index in [0.29, 0.717) is 38.5 Å². The molecule has 7 rings (SSSR count). The van der Waals surface area contributed by atoms with E-state index in [1.54, 1.807) is 4.90 Å². The van der Waals surface area contributed by atoms with Crippen LogP contribution in [0, 0.1) is 11.3 Å². The number of allylic oxidation sites excluding steroid dienone is 1. The molecule has 3 aliphatic heterocycles. The third-order valence-electron chi connectivity index (χ3n) is 11.0. The number of alkyl halides is 1. The highest BCUT2D eigenvalue weighted by molar-refractivity contribution is 6.36. The molecular formula is C36H41ClFN7O2. The van der Waals surface area contributed by atoms with Gasteiger partial charge in [-0.3, -0.25) is 9.36 Å². The molecule has 9 nitrogen and oxygen atoms in total. The monoisotopic (exact) mass is 657 g/mol. The molecule has 246 valence electrons. The molecule has 4 aliphatic rings. The van der Waals surface area contributed by atoms with Crippen molar-refractivity contribution in [1.82, 2.24) is 19.4 Å². The lowest BCUT2D eigenvalue weighted by Crippen LogP contribution is -2.60. The highest BCUT2D eigenvalue weighted by atomic mass is 35.5. The molecule has 2 atom stereocenters. The number of hydrogen-bond acceptors (Lipinski definition) is 7. The fraction of sp³-hybridized carbons (Fsp3) is 0.500. The number of halogens is 2. The minimum atomic E-state index is -0.721. The van der Waals surface area contributed by atoms with Crippen molar-refractivity contribution in [3.8, 4) is 6.07 Å². The molecule has 1 amide bonds. The lowest BCUT2D eigenvalue weighted by atomic mass is 9.68. The Balaban J connectivity index is 1.33. The maximum absolute atomic E-state index is 14.1. The van der Waals surface area contributed by atoms with Crippen LogP contribution in [-0.4, -0.2) is 82.8 Å². The molecule has 0 N–H and O–H groups in total. The van der Waals surface area contributed by atoms with Crippen molar-refractivity contribution in [2.24, 2.45) is 0 Å². The Morgan fingerprint density at radius 2 is 1.96 bits per heavy atom. The molecule has 1 saturated carbocycles. The zero-order valence-electron chi connectivity index (χ0n) is 26.9. The van der Waals surface area contributed by atoms with Gasteiger partial charge in [0.2, 0.25) is 5.91 Å². The first-order valence-corrected chi connectivity index (χ1v) is 17.1. The largest absolute Gasteiger partial charge is 0.359 e. The van der Waals surface area contributed by atoms with E-state index in [1.165, 1.54) is 12.2 Å². The van der Waals surface area contributed by atoms with Crippen LogP contribution in [0.1, 0.15) is 49.8 Å². The number of anilines is 2. The fourth-order valence-corrected chi connectivity index (χ4v) is 8.61. The molecule has 3 aromatic rings. The Morgan fingerprint density at radius 3 is 2.66 bits per heavy atom. The highest BCUT2D eigenvalue weighted by Crippen LogP contribution is 2.50. The molecular weight excluding hydrogens is 617 g/mol. The number of rotatable bonds is 7. The number of aromatic nitrogens is 2. The molecule has 3 fully saturated rings. The number of fused-ring (bicyclic) bond motifs is 2. The lowest BCUT2D eigenvalue weighted by molar-refractivity contribution is -0.128. The highest BCUT2D eigenvalue weighted by Gasteiger charge is 2.48. The summed E-state index contributed by atoms with van der Waals surface area (Å²) in [5.41, 5.74) is 2.78. The molecule has 0 unspecified atom stereocenters. The smallest absolute Gasteiger partial charge is 0.349 e. The van der Waals surface area contributed by atoms with E-state index in [4.69, 9.17) is 16.6 Å². The maximum atomic E-state index is 14.1. The van der Waals surface area contributed by atoms with Gasteiger partial charge in [-0.2, -0.15) is 10.2 Å². The minimum Gasteiger partial charge on any atom is -0.359 e. The number of likely N-dealkylation sites (N-methyl/N-ethyl adjacent to an activating group) is 1. The quantitative estimate of drug-likeness (QED) is 0.327. The predicted molar refractivity (Wildman–Crippen MR) is 183 cm³/mol. The van der Waals surface area contributed by atoms with E-state index in [2.05, 4.69) is 52.1 Å². The van der Waals surface area contributed by atoms with Crippen molar-refractivity contribution in [3.05, 3.63) is 75.3 Å². The van der Waals surface area contributed by atoms with Crippen LogP contribution in [0.25, 0.3) is 10.8 Å². The van der Waals surface area contributed by atoms with Crippen LogP contribution >= 0.6 is 11.6 Å². The van der Waals surface area contributed by atoms with E-state index in [9.17, 15) is 19.2 Å². The molecule has 1 aromatic heterocycles. The van der Waals surface area contributed by atoms with Crippen LogP contribution in [0.4, 0.5) is 15.9 Å². The van der Waals surface area contributed by atoms with E-state index in [0.717, 1.165) is 77.8 Å². The third kappa shape index (κ3) is 5.67. The SMILES string of the molecule is CN1CCC[C@H]1Cn1c2c(c(N3CCN(C(=O)/C=C/CF)[C@@H](CC#N)C3)nc1=O)CC1(CCC1)N(c1cccc3cccc(Cl)c13)C2. The van der Waals surface area contributed by atoms with Crippen LogP contribution in [-0.2, 0) is 24.3 Å². The molecule has 47 heavy (non-hydrogen) atoms. The number of amides is 1. The van der Waals surface area contributed by atoms with Gasteiger partial charge in [-0.25, -0.2) is 9.18 Å². The van der Waals surface area contributed by atoms with Gasteiger partial charge in [0.05, 0.1) is 30.1 Å². The molecule has 4 heterocycles. The number of nitrogens with zero attached hydrogens (tertiary/aromatic N) is 7. The predicted octanol–water partition coefficient (Wildman–Crippen LogP) is 5.09. The zero-order chi connectivity index (χ0) is 32.7. The summed E-state index contributed by atoms with van der Waals surface area (Å²) in [5, 5.41) is 12.5. The van der Waals surface area contributed by atoms with Crippen molar-refractivity contribution in [2.75, 3.05) is 49.7 Å². The molecule has 0 bridgehead atoms. The number of likely N-dealkylation sites (tertiary alicyclic amines) is 1. The van der Waals surface area contributed by atoms with E-state index >= 15 is 0 Å². The second-order valence-corrected chi connectivity index (χ2v) is 13.9. The summed E-state index contributed by atoms with van der Waals surface area (Å²) in [6.07, 6.45) is 8.64. The Kier molecular flexibility index (Phi) is 8.71. The van der Waals surface area contributed by atoms with E-state index < -0.39 is 12.7 Å². The summed E-state index contributed by atoms with van der Waals surface area (Å²) in [6, 6.07) is 14.5. The van der Waals surface area contributed by atoms with Gasteiger partial charge in [-0.15, -0.1) is 0 Å². The van der Waals surface area contributed by atoms with Gasteiger partial charge in [0.25, 0.3) is 0 Å². The van der Waals surface area contributed by atoms with Crippen molar-refractivity contribution in [1.29, 1.82) is 5.26 Å². The summed E-state index contributed by atoms with van der Waals surface area (Å²) in [5.74, 6) is 0.378. The Bertz CT molecular complexity index is 1810. The molecule has 1 aliphatic carbocycles. The molecule has 11 heteroatoms. The zero-order valence-corrected chi connectivity index (χ0v) is 27.6. The number of benzene rings is 2. The molecule has 0 radical (unpaired) electrons. The van der Waals surface area contributed by atoms with Gasteiger partial charge in [-0.05, 0) is 69.3 Å². The average molecular weight is 658 g/mol. The average Bonchev–Trinajstić information content (AvgIpc) is 3.47. The van der Waals surface area contributed by atoms with Gasteiger partial charge in [0.1, 0.15) is 12.5 Å². The summed E-state index contributed by atoms with van der Waals surface area (Å²) in [7, 11) is 2.13. The number of hydrogen-bond donors (Lipinski definition) is 0. The van der Waals surface area contributed by atoms with Crippen LogP contribution in [0.5, 0.6) is 0 Å². The summed E-state index contributed by atoms with van der Waals surface area (Å²) >= 11 is 6.87. The van der Waals surface area contributed by atoms with Crippen molar-refractivity contribution in [3.63, 3.8) is 0 Å². The first kappa shape index (κ1) is 31.6. The van der Waals surface area contributed by atoms with Crippen LogP contribution in [0.2, 0.25) is 5.02 Å². The van der Waals surface area contributed by atoms with Gasteiger partial charge in [0, 0.05) is 72.6 Å². The third-order valence-corrected chi connectivity index (χ3v) is 11.3. The Labute approximate surface area is 279 Å². The van der Waals surface area contributed by atoms with Crippen molar-refractivity contribution in [2.45, 2.75) is 75.7 Å². The second-order valence-electron chi connectivity index (χ2n) is 13.5. The van der Waals surface area contributed by atoms with Crippen LogP contribution < -0.4 is 15.5 Å². The fourth-order valence-electron chi connectivity index (χ4n) is 8.33. The normalized spacial score (nSPS) is 22.6. The van der Waals surface area contributed by atoms with Gasteiger partial charge in [0.15, 0.2) is 0 Å². The Hall–Kier alpha value is -3.94. The van der Waals surface area contributed by atoms with E-state index in [1.807, 2.05) is 16.7 Å². The summed E-state index contributed by atoms with van der Waals surface area (Å²) in [6.45, 7) is 2.66. The van der Waals surface area contributed by atoms with E-state index in [-0.39, 0.29) is 29.6 Å². The topological polar surface area (TPSA) is 88.7 Å². The van der Waals surface area contributed by atoms with Gasteiger partial charge < -0.3 is 19.6 Å². The van der Waals surface area contributed by atoms with Gasteiger partial charge in [-0.1, -0.05) is 35.9 Å². The van der Waals surface area contributed by atoms with Gasteiger partial charge >= 0.3 is 5.69 Å². The van der Waals surface area contributed by atoms with Crippen molar-refractivity contribution < 1.29 is 9.18 Å². The number of carbonyl (C=O) groups excluding carboxylic acids is 1. The van der Waals surface area contributed by atoms with Crippen molar-refractivity contribution >= 4 is 39.8 Å². The first-order valence-electron chi connectivity index (χ1n) is 16.8.